The van der Waals surface area contributed by atoms with Crippen molar-refractivity contribution >= 4 is 23.4 Å². The summed E-state index contributed by atoms with van der Waals surface area (Å²) in [6.45, 7) is 0.145. The fourth-order valence-electron chi connectivity index (χ4n) is 3.44. The molecule has 0 bridgehead atoms. The zero-order valence-corrected chi connectivity index (χ0v) is 14.7. The van der Waals surface area contributed by atoms with Gasteiger partial charge in [-0.1, -0.05) is 30.3 Å². The first-order valence-corrected chi connectivity index (χ1v) is 9.09. The fourth-order valence-corrected chi connectivity index (χ4v) is 3.44. The van der Waals surface area contributed by atoms with Crippen LogP contribution in [0.3, 0.4) is 0 Å². The number of rotatable bonds is 6. The van der Waals surface area contributed by atoms with Crippen molar-refractivity contribution < 1.29 is 14.4 Å². The van der Waals surface area contributed by atoms with Crippen LogP contribution in [0.5, 0.6) is 0 Å². The van der Waals surface area contributed by atoms with Crippen LogP contribution >= 0.6 is 0 Å². The van der Waals surface area contributed by atoms with E-state index in [1.54, 1.807) is 0 Å². The Labute approximate surface area is 156 Å². The van der Waals surface area contributed by atoms with E-state index in [9.17, 15) is 14.4 Å². The van der Waals surface area contributed by atoms with E-state index in [-0.39, 0.29) is 18.5 Å². The van der Waals surface area contributed by atoms with E-state index < -0.39 is 23.5 Å². The number of benzene rings is 1. The Morgan fingerprint density at radius 2 is 1.93 bits per heavy atom. The van der Waals surface area contributed by atoms with Crippen molar-refractivity contribution in [2.75, 3.05) is 11.4 Å². The van der Waals surface area contributed by atoms with Crippen molar-refractivity contribution in [1.82, 2.24) is 15.3 Å². The number of carbonyl (C=O) groups is 3. The number of amides is 2. The van der Waals surface area contributed by atoms with Gasteiger partial charge in [-0.2, -0.15) is 0 Å². The normalized spacial score (nSPS) is 21.9. The van der Waals surface area contributed by atoms with E-state index >= 15 is 0 Å². The lowest BCUT2D eigenvalue weighted by Crippen LogP contribution is -2.39. The molecule has 1 aromatic carbocycles. The molecule has 2 aromatic rings. The van der Waals surface area contributed by atoms with E-state index in [0.717, 1.165) is 18.4 Å². The summed E-state index contributed by atoms with van der Waals surface area (Å²) in [5, 5.41) is 2.74. The molecule has 1 N–H and O–H groups in total. The molecule has 4 rings (SSSR count). The number of Topliss-reactive ketones (excluding diaryl/α,β-unsaturated/α-hetero) is 1. The van der Waals surface area contributed by atoms with Crippen LogP contribution < -0.4 is 10.2 Å². The Balaban J connectivity index is 1.59. The van der Waals surface area contributed by atoms with E-state index in [4.69, 9.17) is 0 Å². The van der Waals surface area contributed by atoms with Crippen molar-refractivity contribution in [3.05, 3.63) is 54.5 Å². The smallest absolute Gasteiger partial charge is 0.287 e. The predicted molar refractivity (Wildman–Crippen MR) is 97.7 cm³/mol. The second-order valence-electron chi connectivity index (χ2n) is 7.03. The second kappa shape index (κ2) is 7.26. The van der Waals surface area contributed by atoms with Crippen LogP contribution in [-0.2, 0) is 20.8 Å². The van der Waals surface area contributed by atoms with Gasteiger partial charge < -0.3 is 5.32 Å². The van der Waals surface area contributed by atoms with Gasteiger partial charge in [-0.3, -0.25) is 24.3 Å². The van der Waals surface area contributed by atoms with Crippen molar-refractivity contribution in [3.63, 3.8) is 0 Å². The SMILES string of the molecule is O=C(NC1CC1)C(=O)[C@@H]1CN(c2cnccn2)C(=O)[C@H]1Cc1ccccc1. The summed E-state index contributed by atoms with van der Waals surface area (Å²) in [7, 11) is 0. The minimum absolute atomic E-state index is 0.0993. The number of hydrogen-bond acceptors (Lipinski definition) is 5. The van der Waals surface area contributed by atoms with Crippen LogP contribution in [0.15, 0.2) is 48.9 Å². The van der Waals surface area contributed by atoms with Crippen LogP contribution in [0.25, 0.3) is 0 Å². The van der Waals surface area contributed by atoms with Gasteiger partial charge in [0.2, 0.25) is 11.7 Å². The van der Waals surface area contributed by atoms with Gasteiger partial charge >= 0.3 is 0 Å². The topological polar surface area (TPSA) is 92.3 Å². The van der Waals surface area contributed by atoms with Crippen LogP contribution in [0, 0.1) is 11.8 Å². The number of carbonyl (C=O) groups excluding carboxylic acids is 3. The average molecular weight is 364 g/mol. The van der Waals surface area contributed by atoms with Gasteiger partial charge in [-0.25, -0.2) is 4.98 Å². The minimum atomic E-state index is -0.696. The van der Waals surface area contributed by atoms with Crippen molar-refractivity contribution in [3.8, 4) is 0 Å². The lowest BCUT2D eigenvalue weighted by molar-refractivity contribution is -0.141. The van der Waals surface area contributed by atoms with Crippen LogP contribution in [0.2, 0.25) is 0 Å². The highest BCUT2D eigenvalue weighted by atomic mass is 16.2. The molecule has 2 fully saturated rings. The molecule has 2 aliphatic rings. The summed E-state index contributed by atoms with van der Waals surface area (Å²) in [5.41, 5.74) is 0.956. The third-order valence-electron chi connectivity index (χ3n) is 5.05. The van der Waals surface area contributed by atoms with Gasteiger partial charge in [0.25, 0.3) is 5.91 Å². The molecular formula is C20H20N4O3. The maximum Gasteiger partial charge on any atom is 0.287 e. The van der Waals surface area contributed by atoms with E-state index in [0.29, 0.717) is 12.2 Å². The standard InChI is InChI=1S/C20H20N4O3/c25-18(19(26)23-14-6-7-14)16-12-24(17-11-21-8-9-22-17)20(27)15(16)10-13-4-2-1-3-5-13/h1-5,8-9,11,14-16H,6-7,10,12H2,(H,23,26)/t15-,16+/m0/s1. The lowest BCUT2D eigenvalue weighted by Gasteiger charge is -2.15. The summed E-state index contributed by atoms with van der Waals surface area (Å²) in [6.07, 6.45) is 6.74. The first-order valence-electron chi connectivity index (χ1n) is 9.09. The molecule has 2 heterocycles. The number of aromatic nitrogens is 2. The van der Waals surface area contributed by atoms with Crippen LogP contribution in [-0.4, -0.2) is 40.2 Å². The number of ketones is 1. The molecule has 0 unspecified atom stereocenters. The van der Waals surface area contributed by atoms with Gasteiger partial charge in [0, 0.05) is 25.0 Å². The summed E-state index contributed by atoms with van der Waals surface area (Å²) >= 11 is 0. The molecule has 0 radical (unpaired) electrons. The van der Waals surface area contributed by atoms with E-state index in [1.165, 1.54) is 23.5 Å². The largest absolute Gasteiger partial charge is 0.347 e. The molecule has 27 heavy (non-hydrogen) atoms. The molecule has 1 aliphatic carbocycles. The summed E-state index contributed by atoms with van der Waals surface area (Å²) < 4.78 is 0. The molecule has 1 saturated carbocycles. The number of anilines is 1. The van der Waals surface area contributed by atoms with Gasteiger partial charge in [0.15, 0.2) is 5.82 Å². The maximum absolute atomic E-state index is 13.1. The van der Waals surface area contributed by atoms with Gasteiger partial charge in [0.05, 0.1) is 18.0 Å². The summed E-state index contributed by atoms with van der Waals surface area (Å²) in [4.78, 5) is 47.8. The number of nitrogens with zero attached hydrogens (tertiary/aromatic N) is 3. The summed E-state index contributed by atoms with van der Waals surface area (Å²) in [6, 6.07) is 9.63. The predicted octanol–water partition coefficient (Wildman–Crippen LogP) is 1.15. The Morgan fingerprint density at radius 1 is 1.15 bits per heavy atom. The Kier molecular flexibility index (Phi) is 4.66. The Morgan fingerprint density at radius 3 is 2.59 bits per heavy atom. The Hall–Kier alpha value is -3.09. The molecule has 138 valence electrons. The van der Waals surface area contributed by atoms with Gasteiger partial charge in [-0.15, -0.1) is 0 Å². The average Bonchev–Trinajstić information content (AvgIpc) is 3.46. The third kappa shape index (κ3) is 3.72. The van der Waals surface area contributed by atoms with Gasteiger partial charge in [-0.05, 0) is 24.8 Å². The van der Waals surface area contributed by atoms with Crippen LogP contribution in [0.4, 0.5) is 5.82 Å². The molecule has 1 aliphatic heterocycles. The van der Waals surface area contributed by atoms with Crippen molar-refractivity contribution in [2.24, 2.45) is 11.8 Å². The third-order valence-corrected chi connectivity index (χ3v) is 5.05. The van der Waals surface area contributed by atoms with E-state index in [1.807, 2.05) is 30.3 Å². The maximum atomic E-state index is 13.1. The summed E-state index contributed by atoms with van der Waals surface area (Å²) in [5.74, 6) is -2.20. The quantitative estimate of drug-likeness (QED) is 0.776. The highest BCUT2D eigenvalue weighted by Gasteiger charge is 2.47. The van der Waals surface area contributed by atoms with E-state index in [2.05, 4.69) is 15.3 Å². The van der Waals surface area contributed by atoms with Gasteiger partial charge in [0.1, 0.15) is 0 Å². The first kappa shape index (κ1) is 17.3. The lowest BCUT2D eigenvalue weighted by atomic mass is 9.86. The number of hydrogen-bond donors (Lipinski definition) is 1. The zero-order valence-electron chi connectivity index (χ0n) is 14.7. The van der Waals surface area contributed by atoms with Crippen molar-refractivity contribution in [1.29, 1.82) is 0 Å². The monoisotopic (exact) mass is 364 g/mol. The number of nitrogens with one attached hydrogen (secondary N) is 1. The molecule has 7 nitrogen and oxygen atoms in total. The molecule has 2 amide bonds. The first-order chi connectivity index (χ1) is 13.1. The zero-order chi connectivity index (χ0) is 18.8. The highest BCUT2D eigenvalue weighted by molar-refractivity contribution is 6.38. The molecule has 1 aromatic heterocycles. The fraction of sp³-hybridized carbons (Fsp3) is 0.350. The Bertz CT molecular complexity index is 852. The molecule has 7 heteroatoms. The molecule has 2 atom stereocenters. The second-order valence-corrected chi connectivity index (χ2v) is 7.03. The molecular weight excluding hydrogens is 344 g/mol. The van der Waals surface area contributed by atoms with Crippen molar-refractivity contribution in [2.45, 2.75) is 25.3 Å². The minimum Gasteiger partial charge on any atom is -0.347 e. The van der Waals surface area contributed by atoms with Crippen LogP contribution in [0.1, 0.15) is 18.4 Å². The molecule has 1 saturated heterocycles. The molecule has 0 spiro atoms. The highest BCUT2D eigenvalue weighted by Crippen LogP contribution is 2.32.